The van der Waals surface area contributed by atoms with Crippen molar-refractivity contribution in [3.63, 3.8) is 0 Å². The summed E-state index contributed by atoms with van der Waals surface area (Å²) in [6, 6.07) is 0. The van der Waals surface area contributed by atoms with E-state index >= 15 is 0 Å². The number of carboxylic acids is 1. The summed E-state index contributed by atoms with van der Waals surface area (Å²) in [5.41, 5.74) is 0.383. The van der Waals surface area contributed by atoms with Crippen molar-refractivity contribution in [3.05, 3.63) is 10.6 Å². The van der Waals surface area contributed by atoms with E-state index in [1.807, 2.05) is 32.7 Å². The van der Waals surface area contributed by atoms with Gasteiger partial charge in [0.05, 0.1) is 5.69 Å². The Morgan fingerprint density at radius 1 is 1.47 bits per heavy atom. The maximum absolute atomic E-state index is 11.3. The van der Waals surface area contributed by atoms with Gasteiger partial charge in [-0.1, -0.05) is 32.1 Å². The lowest BCUT2D eigenvalue weighted by molar-refractivity contribution is 0.0699. The van der Waals surface area contributed by atoms with E-state index in [9.17, 15) is 9.90 Å². The number of aromatic nitrogens is 1. The zero-order valence-electron chi connectivity index (χ0n) is 12.2. The minimum Gasteiger partial charge on any atom is -0.477 e. The molecule has 0 amide bonds. The van der Waals surface area contributed by atoms with Gasteiger partial charge in [-0.25, -0.2) is 9.78 Å². The number of anilines is 1. The Kier molecular flexibility index (Phi) is 5.31. The van der Waals surface area contributed by atoms with Crippen molar-refractivity contribution in [1.29, 1.82) is 0 Å². The summed E-state index contributed by atoms with van der Waals surface area (Å²) >= 11 is 1.24. The molecule has 0 aromatic carbocycles. The molecule has 19 heavy (non-hydrogen) atoms. The normalized spacial score (nSPS) is 11.6. The number of methoxy groups -OCH3 is 1. The molecule has 0 spiro atoms. The average Bonchev–Trinajstić information content (AvgIpc) is 2.73. The quantitative estimate of drug-likeness (QED) is 0.814. The molecular formula is C13H22N2O3S. The fourth-order valence-electron chi connectivity index (χ4n) is 1.67. The van der Waals surface area contributed by atoms with Gasteiger partial charge in [-0.2, -0.15) is 0 Å². The molecule has 0 bridgehead atoms. The van der Waals surface area contributed by atoms with E-state index in [-0.39, 0.29) is 5.41 Å². The molecule has 1 N–H and O–H groups in total. The van der Waals surface area contributed by atoms with Crippen LogP contribution in [0.1, 0.15) is 42.6 Å². The van der Waals surface area contributed by atoms with Crippen LogP contribution in [0.3, 0.4) is 0 Å². The van der Waals surface area contributed by atoms with Crippen LogP contribution in [-0.4, -0.2) is 43.4 Å². The van der Waals surface area contributed by atoms with Crippen LogP contribution in [0.4, 0.5) is 5.13 Å². The highest BCUT2D eigenvalue weighted by Crippen LogP contribution is 2.33. The third-order valence-corrected chi connectivity index (χ3v) is 3.85. The van der Waals surface area contributed by atoms with Crippen molar-refractivity contribution >= 4 is 22.4 Å². The molecule has 1 aromatic heterocycles. The van der Waals surface area contributed by atoms with Gasteiger partial charge < -0.3 is 14.7 Å². The molecule has 0 saturated heterocycles. The Morgan fingerprint density at radius 3 is 2.53 bits per heavy atom. The largest absolute Gasteiger partial charge is 0.477 e. The summed E-state index contributed by atoms with van der Waals surface area (Å²) in [7, 11) is 3.59. The summed E-state index contributed by atoms with van der Waals surface area (Å²) in [5, 5.41) is 10.0. The molecule has 0 aliphatic carbocycles. The molecule has 0 aliphatic heterocycles. The number of hydrogen-bond donors (Lipinski definition) is 1. The first-order valence-electron chi connectivity index (χ1n) is 6.22. The topological polar surface area (TPSA) is 62.7 Å². The van der Waals surface area contributed by atoms with Crippen molar-refractivity contribution in [1.82, 2.24) is 4.98 Å². The first kappa shape index (κ1) is 15.9. The van der Waals surface area contributed by atoms with Crippen LogP contribution in [0, 0.1) is 0 Å². The van der Waals surface area contributed by atoms with Gasteiger partial charge in [0, 0.05) is 32.7 Å². The van der Waals surface area contributed by atoms with E-state index in [0.29, 0.717) is 17.2 Å². The molecule has 108 valence electrons. The van der Waals surface area contributed by atoms with Crippen molar-refractivity contribution in [2.24, 2.45) is 0 Å². The van der Waals surface area contributed by atoms with E-state index < -0.39 is 5.97 Å². The second kappa shape index (κ2) is 6.34. The van der Waals surface area contributed by atoms with Crippen molar-refractivity contribution < 1.29 is 14.6 Å². The Hall–Kier alpha value is -1.14. The van der Waals surface area contributed by atoms with E-state index in [1.54, 1.807) is 7.11 Å². The zero-order valence-corrected chi connectivity index (χ0v) is 13.0. The van der Waals surface area contributed by atoms with E-state index in [2.05, 4.69) is 4.98 Å². The fourth-order valence-corrected chi connectivity index (χ4v) is 2.77. The predicted octanol–water partition coefficient (Wildman–Crippen LogP) is 2.61. The first-order valence-corrected chi connectivity index (χ1v) is 7.03. The molecule has 0 atom stereocenters. The molecular weight excluding hydrogens is 264 g/mol. The number of thiazole rings is 1. The Bertz CT molecular complexity index is 438. The third-order valence-electron chi connectivity index (χ3n) is 2.69. The number of carbonyl (C=O) groups is 1. The SMILES string of the molecule is COCCCN(C)c1nc(C(C)(C)C)c(C(=O)O)s1. The Balaban J connectivity index is 2.95. The van der Waals surface area contributed by atoms with Crippen molar-refractivity contribution in [3.8, 4) is 0 Å². The lowest BCUT2D eigenvalue weighted by atomic mass is 9.91. The van der Waals surface area contributed by atoms with E-state index in [4.69, 9.17) is 4.74 Å². The van der Waals surface area contributed by atoms with Crippen molar-refractivity contribution in [2.75, 3.05) is 32.2 Å². The molecule has 0 aliphatic rings. The van der Waals surface area contributed by atoms with E-state index in [1.165, 1.54) is 11.3 Å². The van der Waals surface area contributed by atoms with Crippen LogP contribution in [0.15, 0.2) is 0 Å². The van der Waals surface area contributed by atoms with Crippen molar-refractivity contribution in [2.45, 2.75) is 32.6 Å². The maximum Gasteiger partial charge on any atom is 0.347 e. The second-order valence-electron chi connectivity index (χ2n) is 5.50. The molecule has 0 unspecified atom stereocenters. The van der Waals surface area contributed by atoms with Gasteiger partial charge in [-0.3, -0.25) is 0 Å². The van der Waals surface area contributed by atoms with Gasteiger partial charge in [-0.05, 0) is 6.42 Å². The van der Waals surface area contributed by atoms with Gasteiger partial charge in [-0.15, -0.1) is 0 Å². The summed E-state index contributed by atoms with van der Waals surface area (Å²) in [6.45, 7) is 7.41. The molecule has 5 nitrogen and oxygen atoms in total. The number of nitrogens with zero attached hydrogens (tertiary/aromatic N) is 2. The number of aromatic carboxylic acids is 1. The lowest BCUT2D eigenvalue weighted by Gasteiger charge is -2.17. The predicted molar refractivity (Wildman–Crippen MR) is 77.5 cm³/mol. The smallest absolute Gasteiger partial charge is 0.347 e. The molecule has 1 rings (SSSR count). The molecule has 0 saturated carbocycles. The van der Waals surface area contributed by atoms with Gasteiger partial charge >= 0.3 is 5.97 Å². The zero-order chi connectivity index (χ0) is 14.6. The minimum absolute atomic E-state index is 0.268. The van der Waals surface area contributed by atoms with Crippen LogP contribution in [0.25, 0.3) is 0 Å². The highest BCUT2D eigenvalue weighted by molar-refractivity contribution is 7.17. The standard InChI is InChI=1S/C13H22N2O3S/c1-13(2,3)10-9(11(16)17)19-12(14-10)15(4)7-6-8-18-5/h6-8H2,1-5H3,(H,16,17). The van der Waals surface area contributed by atoms with Gasteiger partial charge in [0.15, 0.2) is 5.13 Å². The molecule has 1 aromatic rings. The van der Waals surface area contributed by atoms with E-state index in [0.717, 1.165) is 18.1 Å². The van der Waals surface area contributed by atoms with Crippen LogP contribution in [0.5, 0.6) is 0 Å². The Labute approximate surface area is 118 Å². The van der Waals surface area contributed by atoms with Gasteiger partial charge in [0.25, 0.3) is 0 Å². The average molecular weight is 286 g/mol. The molecule has 1 heterocycles. The fraction of sp³-hybridized carbons (Fsp3) is 0.692. The number of hydrogen-bond acceptors (Lipinski definition) is 5. The third kappa shape index (κ3) is 4.18. The van der Waals surface area contributed by atoms with Crippen LogP contribution in [0.2, 0.25) is 0 Å². The van der Waals surface area contributed by atoms with Crippen LogP contribution in [-0.2, 0) is 10.2 Å². The molecule has 0 fully saturated rings. The number of carboxylic acid groups (broad SMARTS) is 1. The van der Waals surface area contributed by atoms with Crippen LogP contribution < -0.4 is 4.90 Å². The second-order valence-corrected chi connectivity index (χ2v) is 6.47. The molecule has 0 radical (unpaired) electrons. The summed E-state index contributed by atoms with van der Waals surface area (Å²) in [4.78, 5) is 18.1. The first-order chi connectivity index (χ1) is 8.77. The summed E-state index contributed by atoms with van der Waals surface area (Å²) < 4.78 is 5.01. The maximum atomic E-state index is 11.3. The van der Waals surface area contributed by atoms with Gasteiger partial charge in [0.1, 0.15) is 4.88 Å². The minimum atomic E-state index is -0.904. The highest BCUT2D eigenvalue weighted by Gasteiger charge is 2.27. The molecule has 6 heteroatoms. The summed E-state index contributed by atoms with van der Waals surface area (Å²) in [5.74, 6) is -0.904. The lowest BCUT2D eigenvalue weighted by Crippen LogP contribution is -2.20. The van der Waals surface area contributed by atoms with Crippen LogP contribution >= 0.6 is 11.3 Å². The number of rotatable bonds is 6. The highest BCUT2D eigenvalue weighted by atomic mass is 32.1. The Morgan fingerprint density at radius 2 is 2.11 bits per heavy atom. The number of ether oxygens (including phenoxy) is 1. The van der Waals surface area contributed by atoms with Gasteiger partial charge in [0.2, 0.25) is 0 Å². The summed E-state index contributed by atoms with van der Waals surface area (Å²) in [6.07, 6.45) is 0.889. The monoisotopic (exact) mass is 286 g/mol.